The molecule has 0 nitrogen and oxygen atoms in total. The Morgan fingerprint density at radius 2 is 2.25 bits per heavy atom. The molecule has 0 spiro atoms. The summed E-state index contributed by atoms with van der Waals surface area (Å²) in [7, 11) is 0. The van der Waals surface area contributed by atoms with Crippen molar-refractivity contribution in [2.24, 2.45) is 0 Å². The van der Waals surface area contributed by atoms with Crippen LogP contribution in [0.25, 0.3) is 0 Å². The van der Waals surface area contributed by atoms with E-state index in [0.717, 1.165) is 3.89 Å². The van der Waals surface area contributed by atoms with E-state index in [-0.39, 0.29) is 0 Å². The van der Waals surface area contributed by atoms with Gasteiger partial charge in [-0.15, -0.1) is 0 Å². The van der Waals surface area contributed by atoms with E-state index in [1.807, 2.05) is 0 Å². The van der Waals surface area contributed by atoms with Crippen LogP contribution in [-0.2, 0) is 0 Å². The Morgan fingerprint density at radius 1 is 2.00 bits per heavy atom. The lowest BCUT2D eigenvalue weighted by Crippen LogP contribution is -3.61. The Bertz CT molecular complexity index is 8.00. The number of rotatable bonds is 1. The summed E-state index contributed by atoms with van der Waals surface area (Å²) in [6.07, 6.45) is 0. The van der Waals surface area contributed by atoms with E-state index in [0.29, 0.717) is 21.2 Å². The van der Waals surface area contributed by atoms with Crippen molar-refractivity contribution in [2.45, 2.75) is 0 Å². The second-order valence-corrected chi connectivity index (χ2v) is 3.83. The van der Waals surface area contributed by atoms with E-state index in [1.54, 1.807) is 0 Å². The van der Waals surface area contributed by atoms with Crippen LogP contribution in [0.3, 0.4) is 0 Å². The highest BCUT2D eigenvalue weighted by Crippen LogP contribution is 1.42. The molecule has 4 heavy (non-hydrogen) atoms. The monoisotopic (exact) mass is 191 g/mol. The molecule has 0 bridgehead atoms. The van der Waals surface area contributed by atoms with E-state index in [2.05, 4.69) is 4.93 Å². The van der Waals surface area contributed by atoms with Crippen molar-refractivity contribution in [3.63, 3.8) is 0 Å². The zero-order valence-electron chi connectivity index (χ0n) is 2.46. The van der Waals surface area contributed by atoms with Crippen molar-refractivity contribution in [1.82, 2.24) is 0 Å². The number of alkyl halides is 3. The van der Waals surface area contributed by atoms with Crippen molar-refractivity contribution >= 4 is 11.6 Å². The third kappa shape index (κ3) is 3.02. The van der Waals surface area contributed by atoms with Gasteiger partial charge in [0, 0.05) is 0 Å². The van der Waals surface area contributed by atoms with E-state index >= 15 is 0 Å². The third-order valence-corrected chi connectivity index (χ3v) is 2.03. The summed E-state index contributed by atoms with van der Waals surface area (Å²) in [4.78, 5) is 2.16. The van der Waals surface area contributed by atoms with Gasteiger partial charge >= 0.3 is 0 Å². The average molecular weight is 191 g/mol. The minimum Gasteiger partial charge on any atom is -0.0701 e. The standard InChI is InChI=1S/C2H5ClI/c1-4-2-3/h2H2,1H3/q+1. The predicted molar refractivity (Wildman–Crippen MR) is 16.6 cm³/mol. The SMILES string of the molecule is C[I+]CCl. The van der Waals surface area contributed by atoms with Gasteiger partial charge in [-0.25, -0.2) is 0 Å². The van der Waals surface area contributed by atoms with Gasteiger partial charge in [0.25, 0.3) is 21.2 Å². The van der Waals surface area contributed by atoms with Gasteiger partial charge in [-0.2, -0.15) is 0 Å². The maximum Gasteiger partial charge on any atom is 0.282 e. The fourth-order valence-electron chi connectivity index (χ4n) is 0. The molecule has 0 aliphatic rings. The molecule has 0 aliphatic carbocycles. The molecular formula is C2H5ClI+. The van der Waals surface area contributed by atoms with Crippen LogP contribution in [0.2, 0.25) is 0 Å². The normalized spacial score (nSPS) is 7.50. The third-order valence-electron chi connectivity index (χ3n) is 0.101. The molecular weight excluding hydrogens is 186 g/mol. The molecule has 0 rings (SSSR count). The Balaban J connectivity index is 1.97. The fraction of sp³-hybridized carbons (Fsp3) is 1.00. The molecule has 0 N–H and O–H groups in total. The molecule has 0 fully saturated rings. The highest BCUT2D eigenvalue weighted by Gasteiger charge is 1.82. The summed E-state index contributed by atoms with van der Waals surface area (Å²) in [5.41, 5.74) is 0. The zero-order chi connectivity index (χ0) is 3.41. The van der Waals surface area contributed by atoms with Crippen LogP contribution in [0.5, 0.6) is 0 Å². The maximum atomic E-state index is 5.23. The summed E-state index contributed by atoms with van der Waals surface area (Å²) < 4.78 is 0.902. The first-order valence-electron chi connectivity index (χ1n) is 0.912. The first kappa shape index (κ1) is 5.02. The second kappa shape index (κ2) is 4.02. The highest BCUT2D eigenvalue weighted by atomic mass is 127. The van der Waals surface area contributed by atoms with Gasteiger partial charge in [-0.3, -0.25) is 0 Å². The lowest BCUT2D eigenvalue weighted by molar-refractivity contribution is -0.609. The van der Waals surface area contributed by atoms with Crippen molar-refractivity contribution < 1.29 is 21.2 Å². The summed E-state index contributed by atoms with van der Waals surface area (Å²) in [6.45, 7) is 0. The predicted octanol–water partition coefficient (Wildman–Crippen LogP) is -2.10. The lowest BCUT2D eigenvalue weighted by atomic mass is 12.0. The van der Waals surface area contributed by atoms with E-state index in [1.165, 1.54) is 0 Å². The largest absolute Gasteiger partial charge is 0.282 e. The van der Waals surface area contributed by atoms with E-state index in [4.69, 9.17) is 11.6 Å². The van der Waals surface area contributed by atoms with Gasteiger partial charge in [-0.05, 0) is 0 Å². The van der Waals surface area contributed by atoms with Gasteiger partial charge in [0.2, 0.25) is 3.89 Å². The molecule has 0 saturated heterocycles. The molecule has 0 aromatic rings. The van der Waals surface area contributed by atoms with Crippen LogP contribution in [-0.4, -0.2) is 8.82 Å². The molecule has 0 saturated carbocycles. The fourth-order valence-corrected chi connectivity index (χ4v) is 0. The molecule has 0 unspecified atom stereocenters. The molecule has 0 radical (unpaired) electrons. The summed E-state index contributed by atoms with van der Waals surface area (Å²) in [5.74, 6) is 0. The molecule has 0 aliphatic heterocycles. The van der Waals surface area contributed by atoms with Gasteiger partial charge in [0.15, 0.2) is 0 Å². The van der Waals surface area contributed by atoms with Crippen LogP contribution in [0, 0.1) is 0 Å². The molecule has 0 atom stereocenters. The van der Waals surface area contributed by atoms with Crippen LogP contribution in [0.15, 0.2) is 0 Å². The van der Waals surface area contributed by atoms with Crippen LogP contribution < -0.4 is 21.2 Å². The van der Waals surface area contributed by atoms with Crippen molar-refractivity contribution in [2.75, 3.05) is 8.82 Å². The van der Waals surface area contributed by atoms with E-state index < -0.39 is 0 Å². The highest BCUT2D eigenvalue weighted by molar-refractivity contribution is 6.16. The average Bonchev–Trinajstić information content (AvgIpc) is 1.37. The summed E-state index contributed by atoms with van der Waals surface area (Å²) in [5, 5.41) is 0. The van der Waals surface area contributed by atoms with Crippen molar-refractivity contribution in [3.8, 4) is 0 Å². The second-order valence-electron chi connectivity index (χ2n) is 0.368. The maximum absolute atomic E-state index is 5.23. The van der Waals surface area contributed by atoms with Crippen LogP contribution in [0.1, 0.15) is 0 Å². The van der Waals surface area contributed by atoms with Crippen molar-refractivity contribution in [3.05, 3.63) is 0 Å². The van der Waals surface area contributed by atoms with Gasteiger partial charge in [0.1, 0.15) is 4.93 Å². The van der Waals surface area contributed by atoms with Crippen LogP contribution in [0.4, 0.5) is 0 Å². The molecule has 0 heterocycles. The van der Waals surface area contributed by atoms with Gasteiger partial charge in [0.05, 0.1) is 0 Å². The summed E-state index contributed by atoms with van der Waals surface area (Å²) >= 11 is 5.61. The lowest BCUT2D eigenvalue weighted by Gasteiger charge is -1.44. The molecule has 26 valence electrons. The number of hydrogen-bond donors (Lipinski definition) is 0. The molecule has 0 aromatic heterocycles. The minimum absolute atomic E-state index is 0.376. The summed E-state index contributed by atoms with van der Waals surface area (Å²) in [6, 6.07) is 0. The minimum atomic E-state index is 0.376. The Kier molecular flexibility index (Phi) is 5.05. The Hall–Kier alpha value is 1.02. The molecule has 2 heteroatoms. The van der Waals surface area contributed by atoms with E-state index in [9.17, 15) is 0 Å². The van der Waals surface area contributed by atoms with Crippen LogP contribution >= 0.6 is 11.6 Å². The Labute approximate surface area is 41.8 Å². The first-order valence-corrected chi connectivity index (χ1v) is 5.13. The molecule has 0 aromatic carbocycles. The van der Waals surface area contributed by atoms with Gasteiger partial charge in [-0.1, -0.05) is 11.6 Å². The quantitative estimate of drug-likeness (QED) is 0.329. The van der Waals surface area contributed by atoms with Crippen molar-refractivity contribution in [1.29, 1.82) is 0 Å². The number of halogens is 2. The first-order chi connectivity index (χ1) is 1.91. The topological polar surface area (TPSA) is 0 Å². The molecule has 0 amide bonds. The van der Waals surface area contributed by atoms with Gasteiger partial charge < -0.3 is 0 Å². The zero-order valence-corrected chi connectivity index (χ0v) is 5.38. The smallest absolute Gasteiger partial charge is 0.0701 e. The number of hydrogen-bond acceptors (Lipinski definition) is 0. The Morgan fingerprint density at radius 3 is 2.25 bits per heavy atom.